The lowest BCUT2D eigenvalue weighted by molar-refractivity contribution is 0.113. The van der Waals surface area contributed by atoms with Gasteiger partial charge in [0.15, 0.2) is 0 Å². The van der Waals surface area contributed by atoms with Gasteiger partial charge in [0.2, 0.25) is 0 Å². The Balaban J connectivity index is 3.78. The molecule has 0 aromatic rings. The van der Waals surface area contributed by atoms with Crippen molar-refractivity contribution in [1.82, 2.24) is 4.90 Å². The molecule has 0 spiro atoms. The lowest BCUT2D eigenvalue weighted by Gasteiger charge is -2.30. The van der Waals surface area contributed by atoms with Crippen LogP contribution in [0.15, 0.2) is 0 Å². The van der Waals surface area contributed by atoms with Crippen molar-refractivity contribution in [3.05, 3.63) is 0 Å². The first-order valence-corrected chi connectivity index (χ1v) is 7.73. The number of rotatable bonds is 13. The number of methoxy groups -OCH3 is 1. The van der Waals surface area contributed by atoms with Gasteiger partial charge in [0, 0.05) is 19.7 Å². The molecule has 0 amide bonds. The zero-order chi connectivity index (χ0) is 13.6. The van der Waals surface area contributed by atoms with E-state index < -0.39 is 0 Å². The van der Waals surface area contributed by atoms with Crippen molar-refractivity contribution in [3.8, 4) is 0 Å². The van der Waals surface area contributed by atoms with E-state index in [1.54, 1.807) is 7.11 Å². The minimum absolute atomic E-state index is 0.726. The molecule has 0 fully saturated rings. The molecule has 0 unspecified atom stereocenters. The summed E-state index contributed by atoms with van der Waals surface area (Å²) in [5, 5.41) is 0. The Morgan fingerprint density at radius 3 is 2.11 bits per heavy atom. The van der Waals surface area contributed by atoms with Gasteiger partial charge in [-0.05, 0) is 38.8 Å². The first-order chi connectivity index (χ1) is 8.79. The lowest BCUT2D eigenvalue weighted by atomic mass is 10.1. The molecule has 3 nitrogen and oxygen atoms in total. The predicted octanol–water partition coefficient (Wildman–Crippen LogP) is 3.03. The first-order valence-electron chi connectivity index (χ1n) is 7.73. The third kappa shape index (κ3) is 8.90. The third-order valence-electron chi connectivity index (χ3n) is 3.69. The summed E-state index contributed by atoms with van der Waals surface area (Å²) in [4.78, 5) is 2.60. The predicted molar refractivity (Wildman–Crippen MR) is 80.0 cm³/mol. The van der Waals surface area contributed by atoms with E-state index in [1.807, 2.05) is 0 Å². The Morgan fingerprint density at radius 2 is 1.56 bits per heavy atom. The van der Waals surface area contributed by atoms with Crippen LogP contribution in [0.25, 0.3) is 0 Å². The minimum atomic E-state index is 0.726. The van der Waals surface area contributed by atoms with Gasteiger partial charge in [-0.2, -0.15) is 0 Å². The first kappa shape index (κ1) is 17.9. The average Bonchev–Trinajstić information content (AvgIpc) is 2.40. The van der Waals surface area contributed by atoms with Crippen LogP contribution in [-0.2, 0) is 4.74 Å². The lowest BCUT2D eigenvalue weighted by Crippen LogP contribution is -2.37. The van der Waals surface area contributed by atoms with Crippen LogP contribution in [-0.4, -0.2) is 44.3 Å². The van der Waals surface area contributed by atoms with E-state index in [-0.39, 0.29) is 0 Å². The second-order valence-electron chi connectivity index (χ2n) is 5.06. The van der Waals surface area contributed by atoms with Gasteiger partial charge in [0.25, 0.3) is 0 Å². The van der Waals surface area contributed by atoms with Crippen LogP contribution in [0.1, 0.15) is 58.8 Å². The maximum Gasteiger partial charge on any atom is 0.0589 e. The Kier molecular flexibility index (Phi) is 13.2. The van der Waals surface area contributed by atoms with Crippen molar-refractivity contribution in [2.45, 2.75) is 64.8 Å². The maximum absolute atomic E-state index is 5.50. The number of hydrogen-bond acceptors (Lipinski definition) is 3. The smallest absolute Gasteiger partial charge is 0.0589 e. The molecule has 18 heavy (non-hydrogen) atoms. The van der Waals surface area contributed by atoms with Crippen molar-refractivity contribution in [2.75, 3.05) is 33.4 Å². The highest BCUT2D eigenvalue weighted by molar-refractivity contribution is 4.69. The Bertz CT molecular complexity index is 161. The van der Waals surface area contributed by atoms with Crippen molar-refractivity contribution < 1.29 is 4.74 Å². The third-order valence-corrected chi connectivity index (χ3v) is 3.69. The Morgan fingerprint density at radius 1 is 0.944 bits per heavy atom. The van der Waals surface area contributed by atoms with Gasteiger partial charge in [-0.3, -0.25) is 4.90 Å². The van der Waals surface area contributed by atoms with E-state index in [4.69, 9.17) is 10.5 Å². The summed E-state index contributed by atoms with van der Waals surface area (Å²) < 4.78 is 5.22. The van der Waals surface area contributed by atoms with Gasteiger partial charge in [0.1, 0.15) is 0 Å². The summed E-state index contributed by atoms with van der Waals surface area (Å²) >= 11 is 0. The number of nitrogens with two attached hydrogens (primary N) is 1. The molecular formula is C15H34N2O. The SMILES string of the molecule is CCC(CC)N(CCCCCCCN)CCOC. The van der Waals surface area contributed by atoms with Crippen LogP contribution < -0.4 is 5.73 Å². The minimum Gasteiger partial charge on any atom is -0.383 e. The molecule has 0 aliphatic carbocycles. The van der Waals surface area contributed by atoms with Crippen molar-refractivity contribution >= 4 is 0 Å². The molecule has 0 radical (unpaired) electrons. The van der Waals surface area contributed by atoms with Crippen molar-refractivity contribution in [1.29, 1.82) is 0 Å². The second-order valence-corrected chi connectivity index (χ2v) is 5.06. The van der Waals surface area contributed by atoms with E-state index in [1.165, 1.54) is 51.5 Å². The van der Waals surface area contributed by atoms with Gasteiger partial charge >= 0.3 is 0 Å². The van der Waals surface area contributed by atoms with E-state index in [9.17, 15) is 0 Å². The summed E-state index contributed by atoms with van der Waals surface area (Å²) in [7, 11) is 1.79. The molecule has 0 rings (SSSR count). The molecular weight excluding hydrogens is 224 g/mol. The molecule has 0 aromatic carbocycles. The van der Waals surface area contributed by atoms with Gasteiger partial charge in [-0.15, -0.1) is 0 Å². The zero-order valence-corrected chi connectivity index (χ0v) is 12.8. The highest BCUT2D eigenvalue weighted by Gasteiger charge is 2.13. The average molecular weight is 258 g/mol. The molecule has 0 aromatic heterocycles. The van der Waals surface area contributed by atoms with Crippen LogP contribution in [0.2, 0.25) is 0 Å². The summed E-state index contributed by atoms with van der Waals surface area (Å²) in [6, 6.07) is 0.726. The summed E-state index contributed by atoms with van der Waals surface area (Å²) in [5.41, 5.74) is 5.50. The maximum atomic E-state index is 5.50. The van der Waals surface area contributed by atoms with Crippen LogP contribution in [0.3, 0.4) is 0 Å². The molecule has 0 aliphatic rings. The highest BCUT2D eigenvalue weighted by atomic mass is 16.5. The van der Waals surface area contributed by atoms with Crippen LogP contribution in [0.5, 0.6) is 0 Å². The monoisotopic (exact) mass is 258 g/mol. The van der Waals surface area contributed by atoms with Gasteiger partial charge in [-0.1, -0.05) is 33.1 Å². The molecule has 0 aliphatic heterocycles. The van der Waals surface area contributed by atoms with Gasteiger partial charge in [0.05, 0.1) is 6.61 Å². The zero-order valence-electron chi connectivity index (χ0n) is 12.8. The van der Waals surface area contributed by atoms with Crippen LogP contribution in [0.4, 0.5) is 0 Å². The number of nitrogens with zero attached hydrogens (tertiary/aromatic N) is 1. The van der Waals surface area contributed by atoms with E-state index in [0.717, 1.165) is 25.7 Å². The quantitative estimate of drug-likeness (QED) is 0.516. The fourth-order valence-electron chi connectivity index (χ4n) is 2.48. The molecule has 0 saturated heterocycles. The molecule has 3 heteroatoms. The molecule has 0 bridgehead atoms. The highest BCUT2D eigenvalue weighted by Crippen LogP contribution is 2.11. The molecule has 2 N–H and O–H groups in total. The van der Waals surface area contributed by atoms with E-state index >= 15 is 0 Å². The fourth-order valence-corrected chi connectivity index (χ4v) is 2.48. The second kappa shape index (κ2) is 13.3. The number of unbranched alkanes of at least 4 members (excludes halogenated alkanes) is 4. The van der Waals surface area contributed by atoms with Gasteiger partial charge < -0.3 is 10.5 Å². The van der Waals surface area contributed by atoms with Crippen molar-refractivity contribution in [3.63, 3.8) is 0 Å². The van der Waals surface area contributed by atoms with Crippen molar-refractivity contribution in [2.24, 2.45) is 5.73 Å². The number of ether oxygens (including phenoxy) is 1. The van der Waals surface area contributed by atoms with E-state index in [0.29, 0.717) is 0 Å². The standard InChI is InChI=1S/C15H34N2O/c1-4-15(5-2)17(13-14-18-3)12-10-8-6-7-9-11-16/h15H,4-14,16H2,1-3H3. The molecule has 0 atom stereocenters. The summed E-state index contributed by atoms with van der Waals surface area (Å²) in [6.45, 7) is 8.56. The Labute approximate surface area is 114 Å². The van der Waals surface area contributed by atoms with Crippen LogP contribution in [0, 0.1) is 0 Å². The normalized spacial score (nSPS) is 11.7. The van der Waals surface area contributed by atoms with Gasteiger partial charge in [-0.25, -0.2) is 0 Å². The molecule has 110 valence electrons. The summed E-state index contributed by atoms with van der Waals surface area (Å²) in [6.07, 6.45) is 8.94. The molecule has 0 saturated carbocycles. The topological polar surface area (TPSA) is 38.5 Å². The summed E-state index contributed by atoms with van der Waals surface area (Å²) in [5.74, 6) is 0. The Hall–Kier alpha value is -0.120. The fraction of sp³-hybridized carbons (Fsp3) is 1.00. The largest absolute Gasteiger partial charge is 0.383 e. The van der Waals surface area contributed by atoms with E-state index in [2.05, 4.69) is 18.7 Å². The number of hydrogen-bond donors (Lipinski definition) is 1. The molecule has 0 heterocycles. The van der Waals surface area contributed by atoms with Crippen LogP contribution >= 0.6 is 0 Å².